The van der Waals surface area contributed by atoms with Gasteiger partial charge in [-0.1, -0.05) is 60.8 Å². The van der Waals surface area contributed by atoms with E-state index in [4.69, 9.17) is 27.9 Å². The highest BCUT2D eigenvalue weighted by molar-refractivity contribution is 6.35. The van der Waals surface area contributed by atoms with E-state index in [9.17, 15) is 9.59 Å². The SMILES string of the molecule is CCCNC(=O)[C@H](CC)N(Cc1ccc(Cl)cc1Cl)C(=O)COc1ccc(C)cc1. The molecule has 0 saturated carbocycles. The first kappa shape index (κ1) is 24.0. The molecule has 7 heteroatoms. The standard InChI is InChI=1S/C23H28Cl2N2O3/c1-4-12-26-23(29)21(5-2)27(14-17-8-9-18(24)13-20(17)25)22(28)15-30-19-10-6-16(3)7-11-19/h6-11,13,21H,4-5,12,14-15H2,1-3H3,(H,26,29)/t21-/m0/s1. The number of ether oxygens (including phenoxy) is 1. The minimum atomic E-state index is -0.627. The maximum atomic E-state index is 13.1. The van der Waals surface area contributed by atoms with Gasteiger partial charge in [0.05, 0.1) is 0 Å². The average Bonchev–Trinajstić information content (AvgIpc) is 2.73. The summed E-state index contributed by atoms with van der Waals surface area (Å²) in [5.74, 6) is 0.120. The van der Waals surface area contributed by atoms with E-state index in [1.165, 1.54) is 4.90 Å². The van der Waals surface area contributed by atoms with Crippen molar-refractivity contribution < 1.29 is 14.3 Å². The number of amides is 2. The van der Waals surface area contributed by atoms with E-state index in [0.717, 1.165) is 12.0 Å². The first-order chi connectivity index (χ1) is 14.3. The number of carbonyl (C=O) groups is 2. The molecule has 2 aromatic carbocycles. The van der Waals surface area contributed by atoms with E-state index in [-0.39, 0.29) is 25.0 Å². The summed E-state index contributed by atoms with van der Waals surface area (Å²) in [6, 6.07) is 11.9. The Morgan fingerprint density at radius 3 is 2.40 bits per heavy atom. The van der Waals surface area contributed by atoms with Crippen molar-refractivity contribution in [2.75, 3.05) is 13.2 Å². The highest BCUT2D eigenvalue weighted by Crippen LogP contribution is 2.24. The molecule has 0 radical (unpaired) electrons. The largest absolute Gasteiger partial charge is 0.484 e. The summed E-state index contributed by atoms with van der Waals surface area (Å²) >= 11 is 12.3. The second-order valence-corrected chi connectivity index (χ2v) is 7.92. The van der Waals surface area contributed by atoms with E-state index >= 15 is 0 Å². The Morgan fingerprint density at radius 1 is 1.10 bits per heavy atom. The molecular formula is C23H28Cl2N2O3. The quantitative estimate of drug-likeness (QED) is 0.552. The van der Waals surface area contributed by atoms with Crippen molar-refractivity contribution in [3.8, 4) is 5.75 Å². The number of nitrogens with zero attached hydrogens (tertiary/aromatic N) is 1. The number of carbonyl (C=O) groups excluding carboxylic acids is 2. The Hall–Kier alpha value is -2.24. The number of nitrogens with one attached hydrogen (secondary N) is 1. The summed E-state index contributed by atoms with van der Waals surface area (Å²) in [6.07, 6.45) is 1.28. The maximum Gasteiger partial charge on any atom is 0.261 e. The molecular weight excluding hydrogens is 423 g/mol. The number of hydrogen-bond acceptors (Lipinski definition) is 3. The Morgan fingerprint density at radius 2 is 1.80 bits per heavy atom. The van der Waals surface area contributed by atoms with Crippen LogP contribution in [0.5, 0.6) is 5.75 Å². The summed E-state index contributed by atoms with van der Waals surface area (Å²) in [5.41, 5.74) is 1.82. The zero-order valence-corrected chi connectivity index (χ0v) is 19.1. The third-order valence-electron chi connectivity index (χ3n) is 4.67. The van der Waals surface area contributed by atoms with Gasteiger partial charge in [-0.25, -0.2) is 0 Å². The fourth-order valence-electron chi connectivity index (χ4n) is 2.98. The minimum absolute atomic E-state index is 0.175. The van der Waals surface area contributed by atoms with Gasteiger partial charge in [0.1, 0.15) is 11.8 Å². The lowest BCUT2D eigenvalue weighted by molar-refractivity contribution is -0.143. The minimum Gasteiger partial charge on any atom is -0.484 e. The van der Waals surface area contributed by atoms with Crippen LogP contribution in [0, 0.1) is 6.92 Å². The molecule has 0 unspecified atom stereocenters. The first-order valence-corrected chi connectivity index (χ1v) is 10.8. The number of rotatable bonds is 10. The zero-order chi connectivity index (χ0) is 22.1. The third kappa shape index (κ3) is 6.92. The predicted octanol–water partition coefficient (Wildman–Crippen LogP) is 5.01. The van der Waals surface area contributed by atoms with Crippen LogP contribution in [0.1, 0.15) is 37.8 Å². The molecule has 0 aliphatic rings. The van der Waals surface area contributed by atoms with Crippen molar-refractivity contribution in [3.63, 3.8) is 0 Å². The van der Waals surface area contributed by atoms with Gasteiger partial charge in [-0.2, -0.15) is 0 Å². The molecule has 5 nitrogen and oxygen atoms in total. The fraction of sp³-hybridized carbons (Fsp3) is 0.391. The molecule has 0 spiro atoms. The van der Waals surface area contributed by atoms with Crippen molar-refractivity contribution in [1.29, 1.82) is 0 Å². The Balaban J connectivity index is 2.22. The highest BCUT2D eigenvalue weighted by Gasteiger charge is 2.29. The van der Waals surface area contributed by atoms with Gasteiger partial charge in [0, 0.05) is 23.1 Å². The monoisotopic (exact) mass is 450 g/mol. The van der Waals surface area contributed by atoms with E-state index in [1.54, 1.807) is 18.2 Å². The summed E-state index contributed by atoms with van der Waals surface area (Å²) in [5, 5.41) is 3.84. The molecule has 30 heavy (non-hydrogen) atoms. The van der Waals surface area contributed by atoms with E-state index in [1.807, 2.05) is 45.0 Å². The van der Waals surface area contributed by atoms with E-state index in [2.05, 4.69) is 5.32 Å². The van der Waals surface area contributed by atoms with Crippen molar-refractivity contribution in [2.45, 2.75) is 46.2 Å². The molecule has 0 aliphatic carbocycles. The molecule has 2 amide bonds. The molecule has 162 valence electrons. The first-order valence-electron chi connectivity index (χ1n) is 10.1. The molecule has 1 atom stereocenters. The lowest BCUT2D eigenvalue weighted by atomic mass is 10.1. The topological polar surface area (TPSA) is 58.6 Å². The lowest BCUT2D eigenvalue weighted by Crippen LogP contribution is -2.50. The zero-order valence-electron chi connectivity index (χ0n) is 17.6. The summed E-state index contributed by atoms with van der Waals surface area (Å²) in [6.45, 7) is 6.40. The Kier molecular flexibility index (Phi) is 9.47. The van der Waals surface area contributed by atoms with Crippen LogP contribution in [0.4, 0.5) is 0 Å². The van der Waals surface area contributed by atoms with Crippen LogP contribution < -0.4 is 10.1 Å². The van der Waals surface area contributed by atoms with Gasteiger partial charge in [-0.3, -0.25) is 9.59 Å². The van der Waals surface area contributed by atoms with Gasteiger partial charge in [0.2, 0.25) is 5.91 Å². The summed E-state index contributed by atoms with van der Waals surface area (Å²) in [4.78, 5) is 27.3. The second-order valence-electron chi connectivity index (χ2n) is 7.07. The van der Waals surface area contributed by atoms with Crippen LogP contribution in [0.3, 0.4) is 0 Å². The van der Waals surface area contributed by atoms with Crippen molar-refractivity contribution in [1.82, 2.24) is 10.2 Å². The van der Waals surface area contributed by atoms with Gasteiger partial charge in [-0.05, 0) is 49.6 Å². The highest BCUT2D eigenvalue weighted by atomic mass is 35.5. The molecule has 2 rings (SSSR count). The van der Waals surface area contributed by atoms with E-state index in [0.29, 0.717) is 34.3 Å². The van der Waals surface area contributed by atoms with Gasteiger partial charge in [0.25, 0.3) is 5.91 Å². The lowest BCUT2D eigenvalue weighted by Gasteiger charge is -2.31. The Labute approximate surface area is 188 Å². The van der Waals surface area contributed by atoms with Gasteiger partial charge < -0.3 is 15.0 Å². The molecule has 0 bridgehead atoms. The van der Waals surface area contributed by atoms with Crippen LogP contribution in [-0.4, -0.2) is 35.9 Å². The molecule has 0 fully saturated rings. The molecule has 0 heterocycles. The number of aryl methyl sites for hydroxylation is 1. The number of hydrogen-bond donors (Lipinski definition) is 1. The van der Waals surface area contributed by atoms with Crippen molar-refractivity contribution >= 4 is 35.0 Å². The molecule has 1 N–H and O–H groups in total. The van der Waals surface area contributed by atoms with Gasteiger partial charge >= 0.3 is 0 Å². The molecule has 2 aromatic rings. The average molecular weight is 451 g/mol. The fourth-order valence-corrected chi connectivity index (χ4v) is 3.45. The summed E-state index contributed by atoms with van der Waals surface area (Å²) < 4.78 is 5.67. The van der Waals surface area contributed by atoms with Crippen LogP contribution in [0.2, 0.25) is 10.0 Å². The van der Waals surface area contributed by atoms with Crippen LogP contribution in [0.15, 0.2) is 42.5 Å². The number of halogens is 2. The predicted molar refractivity (Wildman–Crippen MR) is 121 cm³/mol. The van der Waals surface area contributed by atoms with Crippen molar-refractivity contribution in [3.05, 3.63) is 63.6 Å². The van der Waals surface area contributed by atoms with Crippen LogP contribution >= 0.6 is 23.2 Å². The maximum absolute atomic E-state index is 13.1. The van der Waals surface area contributed by atoms with Gasteiger partial charge in [0.15, 0.2) is 6.61 Å². The van der Waals surface area contributed by atoms with Crippen LogP contribution in [-0.2, 0) is 16.1 Å². The summed E-state index contributed by atoms with van der Waals surface area (Å²) in [7, 11) is 0. The van der Waals surface area contributed by atoms with Crippen molar-refractivity contribution in [2.24, 2.45) is 0 Å². The van der Waals surface area contributed by atoms with E-state index < -0.39 is 6.04 Å². The molecule has 0 saturated heterocycles. The normalized spacial score (nSPS) is 11.6. The molecule has 0 aromatic heterocycles. The molecule has 0 aliphatic heterocycles. The third-order valence-corrected chi connectivity index (χ3v) is 5.26. The van der Waals surface area contributed by atoms with Crippen LogP contribution in [0.25, 0.3) is 0 Å². The van der Waals surface area contributed by atoms with Gasteiger partial charge in [-0.15, -0.1) is 0 Å². The Bertz CT molecular complexity index is 856. The second kappa shape index (κ2) is 11.8. The smallest absolute Gasteiger partial charge is 0.261 e. The number of benzene rings is 2.